The molecule has 1 amide bonds. The lowest BCUT2D eigenvalue weighted by molar-refractivity contribution is -0.138. The first-order chi connectivity index (χ1) is 13.9. The van der Waals surface area contributed by atoms with Crippen LogP contribution in [-0.2, 0) is 9.59 Å². The molecule has 0 spiro atoms. The standard InChI is InChI=1S/C25H38N2O2/c1-19(2)24(28)13-16-26-14-11-21(12-15-26)9-10-25(29)27-17-23(18-27)20(3)22-7-5-4-6-8-22/h4-8,19-21,23H,9-18H2,1-3H3/t20-/m1/s1. The molecule has 4 nitrogen and oxygen atoms in total. The summed E-state index contributed by atoms with van der Waals surface area (Å²) in [4.78, 5) is 28.8. The smallest absolute Gasteiger partial charge is 0.222 e. The fourth-order valence-electron chi connectivity index (χ4n) is 4.60. The molecule has 0 unspecified atom stereocenters. The second kappa shape index (κ2) is 10.4. The van der Waals surface area contributed by atoms with Gasteiger partial charge in [-0.05, 0) is 49.8 Å². The molecule has 2 saturated heterocycles. The molecule has 0 bridgehead atoms. The highest BCUT2D eigenvalue weighted by molar-refractivity contribution is 5.80. The maximum absolute atomic E-state index is 12.6. The zero-order valence-electron chi connectivity index (χ0n) is 18.5. The van der Waals surface area contributed by atoms with Crippen molar-refractivity contribution in [3.63, 3.8) is 0 Å². The van der Waals surface area contributed by atoms with E-state index in [0.29, 0.717) is 42.3 Å². The predicted octanol–water partition coefficient (Wildman–Crippen LogP) is 4.36. The first kappa shape index (κ1) is 22.0. The van der Waals surface area contributed by atoms with Crippen LogP contribution < -0.4 is 0 Å². The summed E-state index contributed by atoms with van der Waals surface area (Å²) in [5.74, 6) is 2.63. The van der Waals surface area contributed by atoms with Gasteiger partial charge in [-0.3, -0.25) is 9.59 Å². The number of piperidine rings is 1. The van der Waals surface area contributed by atoms with Crippen LogP contribution in [0.2, 0.25) is 0 Å². The Kier molecular flexibility index (Phi) is 7.88. The SMILES string of the molecule is CC(C)C(=O)CCN1CCC(CCC(=O)N2CC([C@H](C)c3ccccc3)C2)CC1. The fraction of sp³-hybridized carbons (Fsp3) is 0.680. The van der Waals surface area contributed by atoms with Crippen LogP contribution >= 0.6 is 0 Å². The van der Waals surface area contributed by atoms with Gasteiger partial charge in [-0.15, -0.1) is 0 Å². The number of nitrogens with zero attached hydrogens (tertiary/aromatic N) is 2. The highest BCUT2D eigenvalue weighted by Gasteiger charge is 2.34. The van der Waals surface area contributed by atoms with E-state index < -0.39 is 0 Å². The van der Waals surface area contributed by atoms with Gasteiger partial charge in [0.05, 0.1) is 0 Å². The van der Waals surface area contributed by atoms with E-state index in [-0.39, 0.29) is 5.92 Å². The van der Waals surface area contributed by atoms with Crippen molar-refractivity contribution in [2.75, 3.05) is 32.7 Å². The number of hydrogen-bond acceptors (Lipinski definition) is 3. The molecular weight excluding hydrogens is 360 g/mol. The number of benzene rings is 1. The predicted molar refractivity (Wildman–Crippen MR) is 118 cm³/mol. The lowest BCUT2D eigenvalue weighted by Gasteiger charge is -2.43. The van der Waals surface area contributed by atoms with Crippen LogP contribution in [-0.4, -0.2) is 54.2 Å². The van der Waals surface area contributed by atoms with Gasteiger partial charge in [-0.2, -0.15) is 0 Å². The minimum Gasteiger partial charge on any atom is -0.342 e. The number of hydrogen-bond donors (Lipinski definition) is 0. The van der Waals surface area contributed by atoms with Crippen molar-refractivity contribution in [1.29, 1.82) is 0 Å². The molecule has 4 heteroatoms. The van der Waals surface area contributed by atoms with Crippen LogP contribution in [0.25, 0.3) is 0 Å². The summed E-state index contributed by atoms with van der Waals surface area (Å²) in [5.41, 5.74) is 1.38. The molecule has 1 aromatic carbocycles. The molecule has 3 rings (SSSR count). The lowest BCUT2D eigenvalue weighted by Crippen LogP contribution is -2.51. The summed E-state index contributed by atoms with van der Waals surface area (Å²) in [6.07, 6.45) is 4.72. The van der Waals surface area contributed by atoms with Crippen molar-refractivity contribution in [3.8, 4) is 0 Å². The Bertz CT molecular complexity index is 659. The molecule has 1 aromatic rings. The van der Waals surface area contributed by atoms with Crippen molar-refractivity contribution in [1.82, 2.24) is 9.80 Å². The first-order valence-corrected chi connectivity index (χ1v) is 11.5. The Labute approximate surface area is 176 Å². The minimum atomic E-state index is 0.148. The average molecular weight is 399 g/mol. The fourth-order valence-corrected chi connectivity index (χ4v) is 4.60. The number of carbonyl (C=O) groups is 2. The molecule has 2 fully saturated rings. The molecular formula is C25H38N2O2. The molecule has 0 aliphatic carbocycles. The Hall–Kier alpha value is -1.68. The highest BCUT2D eigenvalue weighted by Crippen LogP contribution is 2.32. The van der Waals surface area contributed by atoms with Gasteiger partial charge in [-0.25, -0.2) is 0 Å². The van der Waals surface area contributed by atoms with Gasteiger partial charge in [0.25, 0.3) is 0 Å². The minimum absolute atomic E-state index is 0.148. The largest absolute Gasteiger partial charge is 0.342 e. The maximum atomic E-state index is 12.6. The van der Waals surface area contributed by atoms with Gasteiger partial charge in [0.2, 0.25) is 5.91 Å². The third kappa shape index (κ3) is 6.15. The third-order valence-electron chi connectivity index (χ3n) is 7.09. The van der Waals surface area contributed by atoms with Crippen molar-refractivity contribution in [3.05, 3.63) is 35.9 Å². The Balaban J connectivity index is 1.30. The zero-order chi connectivity index (χ0) is 20.8. The molecule has 2 heterocycles. The van der Waals surface area contributed by atoms with Crippen LogP contribution in [0, 0.1) is 17.8 Å². The van der Waals surface area contributed by atoms with E-state index in [9.17, 15) is 9.59 Å². The molecule has 0 aromatic heterocycles. The lowest BCUT2D eigenvalue weighted by atomic mass is 9.82. The quantitative estimate of drug-likeness (QED) is 0.621. The number of amides is 1. The van der Waals surface area contributed by atoms with E-state index in [0.717, 1.165) is 52.0 Å². The Morgan fingerprint density at radius 1 is 1.00 bits per heavy atom. The normalized spacial score (nSPS) is 19.9. The van der Waals surface area contributed by atoms with E-state index in [1.54, 1.807) is 0 Å². The number of ketones is 1. The van der Waals surface area contributed by atoms with Gasteiger partial charge in [0.1, 0.15) is 5.78 Å². The van der Waals surface area contributed by atoms with Crippen LogP contribution in [0.4, 0.5) is 0 Å². The maximum Gasteiger partial charge on any atom is 0.222 e. The van der Waals surface area contributed by atoms with E-state index in [2.05, 4.69) is 47.1 Å². The molecule has 1 atom stereocenters. The molecule has 2 aliphatic rings. The van der Waals surface area contributed by atoms with Gasteiger partial charge < -0.3 is 9.80 Å². The molecule has 0 radical (unpaired) electrons. The van der Waals surface area contributed by atoms with Crippen molar-refractivity contribution >= 4 is 11.7 Å². The average Bonchev–Trinajstić information content (AvgIpc) is 2.70. The van der Waals surface area contributed by atoms with Crippen LogP contribution in [0.1, 0.15) is 64.4 Å². The van der Waals surface area contributed by atoms with Crippen molar-refractivity contribution < 1.29 is 9.59 Å². The van der Waals surface area contributed by atoms with Gasteiger partial charge in [-0.1, -0.05) is 51.1 Å². The second-order valence-corrected chi connectivity index (χ2v) is 9.45. The Morgan fingerprint density at radius 2 is 1.66 bits per heavy atom. The summed E-state index contributed by atoms with van der Waals surface area (Å²) in [6, 6.07) is 10.6. The first-order valence-electron chi connectivity index (χ1n) is 11.5. The third-order valence-corrected chi connectivity index (χ3v) is 7.09. The summed E-state index contributed by atoms with van der Waals surface area (Å²) in [6.45, 7) is 11.1. The summed E-state index contributed by atoms with van der Waals surface area (Å²) in [5, 5.41) is 0. The van der Waals surface area contributed by atoms with Crippen LogP contribution in [0.15, 0.2) is 30.3 Å². The van der Waals surface area contributed by atoms with E-state index in [1.165, 1.54) is 5.56 Å². The van der Waals surface area contributed by atoms with Crippen molar-refractivity contribution in [2.45, 2.75) is 58.8 Å². The topological polar surface area (TPSA) is 40.6 Å². The zero-order valence-corrected chi connectivity index (χ0v) is 18.5. The summed E-state index contributed by atoms with van der Waals surface area (Å²) in [7, 11) is 0. The van der Waals surface area contributed by atoms with Gasteiger partial charge in [0.15, 0.2) is 0 Å². The highest BCUT2D eigenvalue weighted by atomic mass is 16.2. The summed E-state index contributed by atoms with van der Waals surface area (Å²) < 4.78 is 0. The van der Waals surface area contributed by atoms with E-state index in [4.69, 9.17) is 0 Å². The van der Waals surface area contributed by atoms with Crippen molar-refractivity contribution in [2.24, 2.45) is 17.8 Å². The van der Waals surface area contributed by atoms with E-state index in [1.807, 2.05) is 13.8 Å². The molecule has 0 N–H and O–H groups in total. The number of Topliss-reactive ketones (excluding diaryl/α,β-unsaturated/α-hetero) is 1. The second-order valence-electron chi connectivity index (χ2n) is 9.45. The van der Waals surface area contributed by atoms with Gasteiger partial charge >= 0.3 is 0 Å². The Morgan fingerprint density at radius 3 is 2.28 bits per heavy atom. The van der Waals surface area contributed by atoms with Crippen LogP contribution in [0.5, 0.6) is 0 Å². The monoisotopic (exact) mass is 398 g/mol. The van der Waals surface area contributed by atoms with Gasteiger partial charge in [0, 0.05) is 44.3 Å². The van der Waals surface area contributed by atoms with E-state index >= 15 is 0 Å². The molecule has 29 heavy (non-hydrogen) atoms. The number of carbonyl (C=O) groups excluding carboxylic acids is 2. The molecule has 0 saturated carbocycles. The molecule has 160 valence electrons. The molecule has 2 aliphatic heterocycles. The summed E-state index contributed by atoms with van der Waals surface area (Å²) >= 11 is 0. The number of likely N-dealkylation sites (tertiary alicyclic amines) is 2. The number of rotatable bonds is 9. The van der Waals surface area contributed by atoms with Crippen LogP contribution in [0.3, 0.4) is 0 Å².